The van der Waals surface area contributed by atoms with Crippen LogP contribution in [-0.2, 0) is 1.41 Å². The summed E-state index contributed by atoms with van der Waals surface area (Å²) in [4.78, 5) is 9.01. The number of hydrogen-bond donors (Lipinski definition) is 0. The van der Waals surface area contributed by atoms with E-state index in [0.717, 1.165) is 0 Å². The molecule has 0 atom stereocenters. The van der Waals surface area contributed by atoms with E-state index in [-0.39, 0.29) is 5.48 Å². The van der Waals surface area contributed by atoms with E-state index in [1.54, 1.807) is 0 Å². The molecular formula is C4H14BrO2Sn2. The van der Waals surface area contributed by atoms with Crippen LogP contribution in [0, 0.1) is 0 Å². The molecule has 0 aromatic rings. The normalized spacial score (nSPS) is 11.3. The molecule has 0 aromatic carbocycles. The fourth-order valence-corrected chi connectivity index (χ4v) is 36.4. The van der Waals surface area contributed by atoms with E-state index in [9.17, 15) is 0 Å². The van der Waals surface area contributed by atoms with Gasteiger partial charge in [-0.1, -0.05) is 0 Å². The molecule has 0 saturated carbocycles. The molecule has 0 spiro atoms. The van der Waals surface area contributed by atoms with Crippen LogP contribution in [0.5, 0.6) is 0 Å². The van der Waals surface area contributed by atoms with Gasteiger partial charge in [0.2, 0.25) is 0 Å². The van der Waals surface area contributed by atoms with Crippen molar-refractivity contribution in [2.45, 2.75) is 19.8 Å². The maximum atomic E-state index is 5.76. The number of rotatable bonds is 2. The van der Waals surface area contributed by atoms with Crippen LogP contribution in [0.15, 0.2) is 0 Å². The molecule has 0 rings (SSSR count). The topological polar surface area (TPSA) is 40.7 Å². The van der Waals surface area contributed by atoms with Crippen molar-refractivity contribution in [2.75, 3.05) is 0 Å². The molecule has 57 valence electrons. The molecule has 0 aliphatic heterocycles. The molecule has 0 aliphatic carbocycles. The first-order valence-electron chi connectivity index (χ1n) is 2.60. The van der Waals surface area contributed by atoms with Crippen molar-refractivity contribution in [1.82, 2.24) is 0 Å². The Morgan fingerprint density at radius 2 is 1.67 bits per heavy atom. The second kappa shape index (κ2) is 5.62. The van der Waals surface area contributed by atoms with Gasteiger partial charge in [0.1, 0.15) is 0 Å². The molecule has 0 aromatic heterocycles. The SMILES string of the molecule is O.[CH3][Sn]([CH3])[O][Sn]([CH3])([CH3])[Br]. The monoisotopic (exact) mass is 413 g/mol. The predicted octanol–water partition coefficient (Wildman–Crippen LogP) is 1.53. The molecule has 0 saturated heterocycles. The summed E-state index contributed by atoms with van der Waals surface area (Å²) in [6, 6.07) is 0. The van der Waals surface area contributed by atoms with Crippen LogP contribution in [0.2, 0.25) is 19.8 Å². The van der Waals surface area contributed by atoms with Crippen molar-refractivity contribution >= 4 is 49.4 Å². The fourth-order valence-electron chi connectivity index (χ4n) is 0.485. The van der Waals surface area contributed by atoms with Crippen molar-refractivity contribution in [2.24, 2.45) is 0 Å². The first kappa shape index (κ1) is 13.6. The van der Waals surface area contributed by atoms with Crippen LogP contribution in [0.3, 0.4) is 0 Å². The molecule has 2 nitrogen and oxygen atoms in total. The fraction of sp³-hybridized carbons (Fsp3) is 1.00. The Bertz CT molecular complexity index is 71.5. The quantitative estimate of drug-likeness (QED) is 0.636. The van der Waals surface area contributed by atoms with Gasteiger partial charge in [0.25, 0.3) is 0 Å². The molecule has 0 heterocycles. The third-order valence-corrected chi connectivity index (χ3v) is 27.4. The van der Waals surface area contributed by atoms with Gasteiger partial charge < -0.3 is 5.48 Å². The van der Waals surface area contributed by atoms with Gasteiger partial charge >= 0.3 is 70.6 Å². The Morgan fingerprint density at radius 3 is 1.67 bits per heavy atom. The summed E-state index contributed by atoms with van der Waals surface area (Å²) in [5.41, 5.74) is 0. The zero-order valence-electron chi connectivity index (χ0n) is 6.29. The van der Waals surface area contributed by atoms with Gasteiger partial charge in [0, 0.05) is 0 Å². The van der Waals surface area contributed by atoms with Crippen molar-refractivity contribution in [3.8, 4) is 0 Å². The van der Waals surface area contributed by atoms with Gasteiger partial charge in [-0.3, -0.25) is 0 Å². The van der Waals surface area contributed by atoms with E-state index in [2.05, 4.69) is 32.5 Å². The minimum atomic E-state index is -1.96. The zero-order valence-corrected chi connectivity index (χ0v) is 13.6. The van der Waals surface area contributed by atoms with Gasteiger partial charge in [0.15, 0.2) is 0 Å². The third-order valence-electron chi connectivity index (χ3n) is 0.447. The summed E-state index contributed by atoms with van der Waals surface area (Å²) in [5, 5.41) is 0. The molecular weight excluding hydrogens is 397 g/mol. The summed E-state index contributed by atoms with van der Waals surface area (Å²) in [5.74, 6) is 0. The van der Waals surface area contributed by atoms with E-state index in [0.29, 0.717) is 0 Å². The van der Waals surface area contributed by atoms with Crippen LogP contribution in [0.1, 0.15) is 0 Å². The Hall–Kier alpha value is 2.00. The Morgan fingerprint density at radius 1 is 1.33 bits per heavy atom. The summed E-state index contributed by atoms with van der Waals surface area (Å²) < 4.78 is 5.76. The van der Waals surface area contributed by atoms with Crippen molar-refractivity contribution in [1.29, 1.82) is 0 Å². The average Bonchev–Trinajstić information content (AvgIpc) is 1.21. The van der Waals surface area contributed by atoms with Gasteiger partial charge in [-0.05, 0) is 0 Å². The molecule has 0 amide bonds. The van der Waals surface area contributed by atoms with Crippen molar-refractivity contribution in [3.63, 3.8) is 0 Å². The molecule has 0 unspecified atom stereocenters. The Kier molecular flexibility index (Phi) is 8.48. The Labute approximate surface area is 75.1 Å². The van der Waals surface area contributed by atoms with E-state index in [1.165, 1.54) is 0 Å². The summed E-state index contributed by atoms with van der Waals surface area (Å²) in [6.07, 6.45) is 0. The average molecular weight is 411 g/mol. The zero-order chi connectivity index (χ0) is 6.78. The Balaban J connectivity index is 0. The third kappa shape index (κ3) is 13.1. The summed E-state index contributed by atoms with van der Waals surface area (Å²) in [6.45, 7) is 0. The first-order chi connectivity index (χ1) is 3.42. The van der Waals surface area contributed by atoms with Crippen molar-refractivity contribution < 1.29 is 6.89 Å². The molecule has 0 fully saturated rings. The van der Waals surface area contributed by atoms with E-state index < -0.39 is 36.7 Å². The maximum absolute atomic E-state index is 5.76. The minimum absolute atomic E-state index is 0. The molecule has 2 N–H and O–H groups in total. The van der Waals surface area contributed by atoms with Gasteiger partial charge in [-0.2, -0.15) is 0 Å². The molecule has 0 aliphatic rings. The van der Waals surface area contributed by atoms with E-state index in [4.69, 9.17) is 1.41 Å². The molecule has 9 heavy (non-hydrogen) atoms. The standard InChI is InChI=1S/4CH3.BrH.H2O.O.2Sn/h4*1H3;1H;1H2;;;/q;;;;;;;;+1/p-1. The van der Waals surface area contributed by atoms with Crippen LogP contribution in [0.4, 0.5) is 0 Å². The van der Waals surface area contributed by atoms with Crippen molar-refractivity contribution in [3.05, 3.63) is 0 Å². The predicted molar refractivity (Wildman–Crippen MR) is 48.6 cm³/mol. The van der Waals surface area contributed by atoms with Gasteiger partial charge in [-0.25, -0.2) is 0 Å². The molecule has 1 radical (unpaired) electrons. The molecule has 0 bridgehead atoms. The number of halogens is 1. The second-order valence-corrected chi connectivity index (χ2v) is 32.6. The van der Waals surface area contributed by atoms with Crippen LogP contribution in [0.25, 0.3) is 0 Å². The van der Waals surface area contributed by atoms with Gasteiger partial charge in [0.05, 0.1) is 0 Å². The second-order valence-electron chi connectivity index (χ2n) is 2.37. The number of hydrogen-bond acceptors (Lipinski definition) is 1. The first-order valence-corrected chi connectivity index (χ1v) is 22.7. The van der Waals surface area contributed by atoms with E-state index in [1.807, 2.05) is 0 Å². The van der Waals surface area contributed by atoms with Crippen LogP contribution in [-0.4, -0.2) is 42.2 Å². The summed E-state index contributed by atoms with van der Waals surface area (Å²) in [7, 11) is 0. The van der Waals surface area contributed by atoms with Gasteiger partial charge in [-0.15, -0.1) is 0 Å². The molecule has 5 heteroatoms. The van der Waals surface area contributed by atoms with Crippen LogP contribution >= 0.6 is 12.7 Å². The summed E-state index contributed by atoms with van der Waals surface area (Å²) >= 11 is 0.437. The van der Waals surface area contributed by atoms with Crippen LogP contribution < -0.4 is 0 Å². The van der Waals surface area contributed by atoms with E-state index >= 15 is 0 Å².